The summed E-state index contributed by atoms with van der Waals surface area (Å²) < 4.78 is 5.38. The van der Waals surface area contributed by atoms with Crippen LogP contribution in [0.4, 0.5) is 11.4 Å². The zero-order valence-corrected chi connectivity index (χ0v) is 15.6. The van der Waals surface area contributed by atoms with Gasteiger partial charge in [-0.2, -0.15) is 0 Å². The molecule has 0 saturated carbocycles. The van der Waals surface area contributed by atoms with Crippen molar-refractivity contribution >= 4 is 29.1 Å². The molecule has 0 radical (unpaired) electrons. The summed E-state index contributed by atoms with van der Waals surface area (Å²) in [7, 11) is 0. The van der Waals surface area contributed by atoms with Crippen molar-refractivity contribution in [3.05, 3.63) is 83.7 Å². The van der Waals surface area contributed by atoms with Crippen LogP contribution in [0.3, 0.4) is 0 Å². The molecule has 1 aromatic heterocycles. The van der Waals surface area contributed by atoms with E-state index in [0.29, 0.717) is 29.3 Å². The highest BCUT2D eigenvalue weighted by molar-refractivity contribution is 6.33. The van der Waals surface area contributed by atoms with Crippen LogP contribution in [0.15, 0.2) is 66.9 Å². The number of fused-ring (bicyclic) bond motifs is 1. The molecule has 0 fully saturated rings. The van der Waals surface area contributed by atoms with Gasteiger partial charge in [-0.15, -0.1) is 0 Å². The van der Waals surface area contributed by atoms with Gasteiger partial charge in [0, 0.05) is 17.4 Å². The minimum Gasteiger partial charge on any atom is -0.494 e. The van der Waals surface area contributed by atoms with Gasteiger partial charge in [-0.1, -0.05) is 6.07 Å². The quantitative estimate of drug-likeness (QED) is 0.677. The average molecular weight is 387 g/mol. The standard InChI is InChI=1S/C22H17N3O4/c1-2-29-17-10-8-15(9-11-17)24-20(26)14-5-3-6-16(13-14)25-21(27)18-7-4-12-23-19(18)22(25)28/h3-13H,2H2,1H3,(H,24,26). The molecule has 1 aliphatic rings. The van der Waals surface area contributed by atoms with Crippen LogP contribution in [-0.2, 0) is 0 Å². The van der Waals surface area contributed by atoms with Crippen molar-refractivity contribution in [1.82, 2.24) is 4.98 Å². The number of carbonyl (C=O) groups is 3. The topological polar surface area (TPSA) is 88.6 Å². The molecule has 3 amide bonds. The number of nitrogens with one attached hydrogen (secondary N) is 1. The molecule has 2 aromatic carbocycles. The van der Waals surface area contributed by atoms with E-state index in [2.05, 4.69) is 10.3 Å². The molecule has 7 heteroatoms. The molecule has 0 saturated heterocycles. The normalized spacial score (nSPS) is 12.7. The number of imide groups is 1. The van der Waals surface area contributed by atoms with Crippen LogP contribution in [0.25, 0.3) is 0 Å². The first-order valence-corrected chi connectivity index (χ1v) is 9.06. The summed E-state index contributed by atoms with van der Waals surface area (Å²) in [4.78, 5) is 42.9. The molecule has 3 aromatic rings. The first kappa shape index (κ1) is 18.4. The average Bonchev–Trinajstić information content (AvgIpc) is 3.00. The van der Waals surface area contributed by atoms with Crippen molar-refractivity contribution in [3.63, 3.8) is 0 Å². The highest BCUT2D eigenvalue weighted by atomic mass is 16.5. The summed E-state index contributed by atoms with van der Waals surface area (Å²) in [5, 5.41) is 2.79. The minimum absolute atomic E-state index is 0.113. The fraction of sp³-hybridized carbons (Fsp3) is 0.0909. The number of amides is 3. The van der Waals surface area contributed by atoms with Gasteiger partial charge in [-0.25, -0.2) is 4.90 Å². The van der Waals surface area contributed by atoms with Gasteiger partial charge in [0.25, 0.3) is 17.7 Å². The Morgan fingerprint density at radius 2 is 1.83 bits per heavy atom. The lowest BCUT2D eigenvalue weighted by Gasteiger charge is -2.15. The Morgan fingerprint density at radius 3 is 2.55 bits per heavy atom. The lowest BCUT2D eigenvalue weighted by atomic mass is 10.1. The largest absolute Gasteiger partial charge is 0.494 e. The lowest BCUT2D eigenvalue weighted by molar-refractivity contribution is 0.0922. The van der Waals surface area contributed by atoms with E-state index in [9.17, 15) is 14.4 Å². The van der Waals surface area contributed by atoms with Crippen molar-refractivity contribution in [3.8, 4) is 5.75 Å². The van der Waals surface area contributed by atoms with Crippen molar-refractivity contribution in [2.24, 2.45) is 0 Å². The molecule has 1 aliphatic heterocycles. The zero-order chi connectivity index (χ0) is 20.4. The van der Waals surface area contributed by atoms with Gasteiger partial charge >= 0.3 is 0 Å². The summed E-state index contributed by atoms with van der Waals surface area (Å²) >= 11 is 0. The van der Waals surface area contributed by atoms with E-state index in [0.717, 1.165) is 4.90 Å². The second kappa shape index (κ2) is 7.55. The molecule has 0 bridgehead atoms. The summed E-state index contributed by atoms with van der Waals surface area (Å²) in [6.07, 6.45) is 1.47. The molecule has 2 heterocycles. The maximum atomic E-state index is 12.6. The number of hydrogen-bond donors (Lipinski definition) is 1. The first-order valence-electron chi connectivity index (χ1n) is 9.06. The predicted molar refractivity (Wildman–Crippen MR) is 107 cm³/mol. The SMILES string of the molecule is CCOc1ccc(NC(=O)c2cccc(N3C(=O)c4cccnc4C3=O)c2)cc1. The fourth-order valence-electron chi connectivity index (χ4n) is 3.09. The summed E-state index contributed by atoms with van der Waals surface area (Å²) in [6.45, 7) is 2.46. The molecular formula is C22H17N3O4. The highest BCUT2D eigenvalue weighted by Gasteiger charge is 2.37. The summed E-state index contributed by atoms with van der Waals surface area (Å²) in [6, 6.07) is 16.5. The van der Waals surface area contributed by atoms with Gasteiger partial charge in [0.05, 0.1) is 17.9 Å². The van der Waals surface area contributed by atoms with E-state index >= 15 is 0 Å². The predicted octanol–water partition coefficient (Wildman–Crippen LogP) is 3.53. The maximum Gasteiger partial charge on any atom is 0.284 e. The Labute approximate surface area is 166 Å². The number of rotatable bonds is 5. The van der Waals surface area contributed by atoms with Gasteiger partial charge in [0.15, 0.2) is 0 Å². The van der Waals surface area contributed by atoms with Crippen LogP contribution in [0.1, 0.15) is 38.1 Å². The van der Waals surface area contributed by atoms with Gasteiger partial charge in [-0.3, -0.25) is 19.4 Å². The Hall–Kier alpha value is -4.00. The van der Waals surface area contributed by atoms with Crippen molar-refractivity contribution in [1.29, 1.82) is 0 Å². The van der Waals surface area contributed by atoms with Crippen LogP contribution in [0, 0.1) is 0 Å². The summed E-state index contributed by atoms with van der Waals surface area (Å²) in [5.41, 5.74) is 1.61. The lowest BCUT2D eigenvalue weighted by Crippen LogP contribution is -2.29. The van der Waals surface area contributed by atoms with E-state index in [1.165, 1.54) is 12.3 Å². The third-order valence-electron chi connectivity index (χ3n) is 4.44. The number of pyridine rings is 1. The zero-order valence-electron chi connectivity index (χ0n) is 15.6. The van der Waals surface area contributed by atoms with Crippen LogP contribution < -0.4 is 15.0 Å². The number of carbonyl (C=O) groups excluding carboxylic acids is 3. The summed E-state index contributed by atoms with van der Waals surface area (Å²) in [5.74, 6) is -0.602. The fourth-order valence-corrected chi connectivity index (χ4v) is 3.09. The molecule has 4 rings (SSSR count). The van der Waals surface area contributed by atoms with E-state index in [-0.39, 0.29) is 17.2 Å². The smallest absolute Gasteiger partial charge is 0.284 e. The maximum absolute atomic E-state index is 12.6. The van der Waals surface area contributed by atoms with Crippen LogP contribution in [0.2, 0.25) is 0 Å². The van der Waals surface area contributed by atoms with Crippen LogP contribution in [-0.4, -0.2) is 29.3 Å². The molecule has 1 N–H and O–H groups in total. The monoisotopic (exact) mass is 387 g/mol. The van der Waals surface area contributed by atoms with E-state index in [1.54, 1.807) is 54.6 Å². The minimum atomic E-state index is -0.505. The molecule has 144 valence electrons. The Kier molecular flexibility index (Phi) is 4.78. The number of anilines is 2. The molecule has 29 heavy (non-hydrogen) atoms. The molecule has 0 spiro atoms. The van der Waals surface area contributed by atoms with E-state index < -0.39 is 11.8 Å². The molecular weight excluding hydrogens is 370 g/mol. The van der Waals surface area contributed by atoms with Gasteiger partial charge in [-0.05, 0) is 61.5 Å². The van der Waals surface area contributed by atoms with Crippen LogP contribution in [0.5, 0.6) is 5.75 Å². The third kappa shape index (κ3) is 3.45. The number of benzene rings is 2. The molecule has 0 atom stereocenters. The van der Waals surface area contributed by atoms with E-state index in [1.807, 2.05) is 6.92 Å². The third-order valence-corrected chi connectivity index (χ3v) is 4.44. The number of aromatic nitrogens is 1. The Balaban J connectivity index is 1.55. The number of hydrogen-bond acceptors (Lipinski definition) is 5. The van der Waals surface area contributed by atoms with Crippen molar-refractivity contribution in [2.75, 3.05) is 16.8 Å². The Bertz CT molecular complexity index is 1070. The Morgan fingerprint density at radius 1 is 1.03 bits per heavy atom. The molecule has 0 aliphatic carbocycles. The second-order valence-corrected chi connectivity index (χ2v) is 6.31. The van der Waals surface area contributed by atoms with Crippen LogP contribution >= 0.6 is 0 Å². The van der Waals surface area contributed by atoms with Gasteiger partial charge in [0.1, 0.15) is 11.4 Å². The van der Waals surface area contributed by atoms with Gasteiger partial charge < -0.3 is 10.1 Å². The van der Waals surface area contributed by atoms with Crippen molar-refractivity contribution in [2.45, 2.75) is 6.92 Å². The number of ether oxygens (including phenoxy) is 1. The highest BCUT2D eigenvalue weighted by Crippen LogP contribution is 2.28. The first-order chi connectivity index (χ1) is 14.1. The molecule has 0 unspecified atom stereocenters. The number of nitrogens with zero attached hydrogens (tertiary/aromatic N) is 2. The molecule has 7 nitrogen and oxygen atoms in total. The van der Waals surface area contributed by atoms with E-state index in [4.69, 9.17) is 4.74 Å². The van der Waals surface area contributed by atoms with Crippen molar-refractivity contribution < 1.29 is 19.1 Å². The second-order valence-electron chi connectivity index (χ2n) is 6.31. The van der Waals surface area contributed by atoms with Gasteiger partial charge in [0.2, 0.25) is 0 Å².